The average Bonchev–Trinajstić information content (AvgIpc) is 3.29. The Morgan fingerprint density at radius 3 is 2.53 bits per heavy atom. The molecule has 0 spiro atoms. The molecule has 0 radical (unpaired) electrons. The number of methoxy groups -OCH3 is 1. The lowest BCUT2D eigenvalue weighted by Gasteiger charge is -2.34. The molecule has 0 unspecified atom stereocenters. The van der Waals surface area contributed by atoms with Crippen LogP contribution in [0.25, 0.3) is 5.57 Å². The number of aliphatic imine (C=N–C) groups is 1. The van der Waals surface area contributed by atoms with E-state index in [1.807, 2.05) is 18.5 Å². The van der Waals surface area contributed by atoms with Crippen LogP contribution in [0.5, 0.6) is 11.5 Å². The smallest absolute Gasteiger partial charge is 0.260 e. The monoisotopic (exact) mass is 488 g/mol. The SMILES string of the molecule is CCCCCOc1cc2c(cc1OC)C(=O)N1C=C(c3ccc(N4CCN(C)CC4)cc3)C[C@H]1C=N2. The summed E-state index contributed by atoms with van der Waals surface area (Å²) in [6, 6.07) is 12.2. The van der Waals surface area contributed by atoms with E-state index in [1.54, 1.807) is 18.1 Å². The first kappa shape index (κ1) is 24.4. The van der Waals surface area contributed by atoms with Crippen molar-refractivity contribution in [3.8, 4) is 11.5 Å². The molecule has 3 heterocycles. The van der Waals surface area contributed by atoms with Crippen LogP contribution in [0.1, 0.15) is 48.5 Å². The normalized spacial score (nSPS) is 19.6. The number of hydrogen-bond acceptors (Lipinski definition) is 6. The van der Waals surface area contributed by atoms with E-state index in [9.17, 15) is 4.79 Å². The van der Waals surface area contributed by atoms with Crippen LogP contribution in [-0.2, 0) is 0 Å². The second-order valence-electron chi connectivity index (χ2n) is 9.83. The molecular formula is C29H36N4O3. The van der Waals surface area contributed by atoms with Crippen molar-refractivity contribution in [3.05, 3.63) is 53.7 Å². The van der Waals surface area contributed by atoms with Crippen LogP contribution in [0.4, 0.5) is 11.4 Å². The van der Waals surface area contributed by atoms with Crippen molar-refractivity contribution >= 4 is 29.1 Å². The van der Waals surface area contributed by atoms with Gasteiger partial charge in [0.1, 0.15) is 0 Å². The lowest BCUT2D eigenvalue weighted by atomic mass is 10.0. The van der Waals surface area contributed by atoms with Gasteiger partial charge in [-0.3, -0.25) is 9.79 Å². The summed E-state index contributed by atoms with van der Waals surface area (Å²) >= 11 is 0. The van der Waals surface area contributed by atoms with Gasteiger partial charge in [0.25, 0.3) is 5.91 Å². The van der Waals surface area contributed by atoms with Crippen LogP contribution in [0.15, 0.2) is 47.6 Å². The molecule has 0 aliphatic carbocycles. The molecule has 36 heavy (non-hydrogen) atoms. The molecular weight excluding hydrogens is 452 g/mol. The minimum Gasteiger partial charge on any atom is -0.493 e. The summed E-state index contributed by atoms with van der Waals surface area (Å²) in [5, 5.41) is 0. The van der Waals surface area contributed by atoms with Crippen LogP contribution in [0.2, 0.25) is 0 Å². The second-order valence-corrected chi connectivity index (χ2v) is 9.83. The van der Waals surface area contributed by atoms with Gasteiger partial charge in [-0.1, -0.05) is 31.9 Å². The highest BCUT2D eigenvalue weighted by Gasteiger charge is 2.33. The predicted octanol–water partition coefficient (Wildman–Crippen LogP) is 4.99. The van der Waals surface area contributed by atoms with Crippen LogP contribution < -0.4 is 14.4 Å². The third-order valence-corrected chi connectivity index (χ3v) is 7.33. The van der Waals surface area contributed by atoms with Crippen LogP contribution in [0.3, 0.4) is 0 Å². The number of piperazine rings is 1. The quantitative estimate of drug-likeness (QED) is 0.490. The van der Waals surface area contributed by atoms with E-state index in [0.717, 1.165) is 63.0 Å². The Hall–Kier alpha value is -3.32. The number of ether oxygens (including phenoxy) is 2. The number of carbonyl (C=O) groups is 1. The molecule has 190 valence electrons. The fraction of sp³-hybridized carbons (Fsp3) is 0.448. The van der Waals surface area contributed by atoms with E-state index in [4.69, 9.17) is 14.5 Å². The van der Waals surface area contributed by atoms with E-state index in [-0.39, 0.29) is 11.9 Å². The van der Waals surface area contributed by atoms with E-state index in [2.05, 4.69) is 48.0 Å². The topological polar surface area (TPSA) is 57.6 Å². The molecule has 1 fully saturated rings. The standard InChI is InChI=1S/C29H36N4O3/c1-4-5-6-15-36-28-18-26-25(17-27(28)35-3)29(34)33-20-22(16-24(33)19-30-26)21-7-9-23(10-8-21)32-13-11-31(2)12-14-32/h7-10,17-20,24H,4-6,11-16H2,1-3H3/t24-/m0/s1. The summed E-state index contributed by atoms with van der Waals surface area (Å²) < 4.78 is 11.5. The van der Waals surface area contributed by atoms with Gasteiger partial charge in [-0.05, 0) is 42.8 Å². The molecule has 0 bridgehead atoms. The molecule has 5 rings (SSSR count). The molecule has 7 heteroatoms. The molecule has 2 aromatic rings. The van der Waals surface area contributed by atoms with Gasteiger partial charge in [0.15, 0.2) is 11.5 Å². The summed E-state index contributed by atoms with van der Waals surface area (Å²) in [6.07, 6.45) is 7.86. The van der Waals surface area contributed by atoms with Crippen LogP contribution in [0, 0.1) is 0 Å². The van der Waals surface area contributed by atoms with E-state index < -0.39 is 0 Å². The number of anilines is 1. The van der Waals surface area contributed by atoms with Gasteiger partial charge < -0.3 is 24.2 Å². The van der Waals surface area contributed by atoms with E-state index in [1.165, 1.54) is 5.69 Å². The maximum atomic E-state index is 13.6. The highest BCUT2D eigenvalue weighted by Crippen LogP contribution is 2.40. The van der Waals surface area contributed by atoms with Crippen LogP contribution in [-0.4, -0.2) is 74.9 Å². The number of hydrogen-bond donors (Lipinski definition) is 0. The molecule has 3 aliphatic heterocycles. The fourth-order valence-corrected chi connectivity index (χ4v) is 5.06. The van der Waals surface area contributed by atoms with Crippen molar-refractivity contribution in [2.75, 3.05) is 51.8 Å². The molecule has 3 aliphatic rings. The van der Waals surface area contributed by atoms with Crippen molar-refractivity contribution in [2.24, 2.45) is 4.99 Å². The average molecular weight is 489 g/mol. The maximum absolute atomic E-state index is 13.6. The molecule has 0 aromatic heterocycles. The van der Waals surface area contributed by atoms with Crippen molar-refractivity contribution in [1.29, 1.82) is 0 Å². The minimum atomic E-state index is -0.0999. The number of amides is 1. The van der Waals surface area contributed by atoms with Gasteiger partial charge in [0, 0.05) is 56.8 Å². The summed E-state index contributed by atoms with van der Waals surface area (Å²) in [5.41, 5.74) is 4.72. The van der Waals surface area contributed by atoms with Gasteiger partial charge in [0.2, 0.25) is 0 Å². The van der Waals surface area contributed by atoms with Gasteiger partial charge in [-0.25, -0.2) is 0 Å². The number of benzene rings is 2. The lowest BCUT2D eigenvalue weighted by Crippen LogP contribution is -2.44. The number of rotatable bonds is 8. The Morgan fingerprint density at radius 2 is 1.81 bits per heavy atom. The van der Waals surface area contributed by atoms with E-state index in [0.29, 0.717) is 29.4 Å². The third kappa shape index (κ3) is 4.98. The molecule has 0 N–H and O–H groups in total. The first-order valence-electron chi connectivity index (χ1n) is 13.0. The fourth-order valence-electron chi connectivity index (χ4n) is 5.06. The van der Waals surface area contributed by atoms with Crippen molar-refractivity contribution in [1.82, 2.24) is 9.80 Å². The van der Waals surface area contributed by atoms with Gasteiger partial charge in [0.05, 0.1) is 31.0 Å². The largest absolute Gasteiger partial charge is 0.493 e. The molecule has 7 nitrogen and oxygen atoms in total. The Bertz CT molecular complexity index is 1150. The summed E-state index contributed by atoms with van der Waals surface area (Å²) in [4.78, 5) is 24.9. The number of nitrogens with zero attached hydrogens (tertiary/aromatic N) is 4. The Kier molecular flexibility index (Phi) is 7.28. The molecule has 2 aromatic carbocycles. The highest BCUT2D eigenvalue weighted by molar-refractivity contribution is 6.05. The molecule has 1 amide bonds. The van der Waals surface area contributed by atoms with Gasteiger partial charge in [-0.2, -0.15) is 0 Å². The van der Waals surface area contributed by atoms with Crippen molar-refractivity contribution < 1.29 is 14.3 Å². The van der Waals surface area contributed by atoms with Crippen molar-refractivity contribution in [2.45, 2.75) is 38.6 Å². The number of carbonyl (C=O) groups excluding carboxylic acids is 1. The molecule has 0 saturated carbocycles. The second kappa shape index (κ2) is 10.7. The van der Waals surface area contributed by atoms with Gasteiger partial charge in [-0.15, -0.1) is 0 Å². The zero-order valence-corrected chi connectivity index (χ0v) is 21.6. The molecule has 1 saturated heterocycles. The first-order valence-corrected chi connectivity index (χ1v) is 13.0. The number of likely N-dealkylation sites (N-methyl/N-ethyl adjacent to an activating group) is 1. The number of unbranched alkanes of at least 4 members (excludes halogenated alkanes) is 2. The summed E-state index contributed by atoms with van der Waals surface area (Å²) in [5.74, 6) is 1.14. The first-order chi connectivity index (χ1) is 17.6. The zero-order chi connectivity index (χ0) is 25.1. The highest BCUT2D eigenvalue weighted by atomic mass is 16.5. The van der Waals surface area contributed by atoms with E-state index >= 15 is 0 Å². The van der Waals surface area contributed by atoms with Crippen LogP contribution >= 0.6 is 0 Å². The number of fused-ring (bicyclic) bond motifs is 2. The minimum absolute atomic E-state index is 0.0626. The Morgan fingerprint density at radius 1 is 1.03 bits per heavy atom. The Balaban J connectivity index is 1.33. The molecule has 1 atom stereocenters. The zero-order valence-electron chi connectivity index (χ0n) is 21.6. The predicted molar refractivity (Wildman–Crippen MR) is 145 cm³/mol. The summed E-state index contributed by atoms with van der Waals surface area (Å²) in [7, 11) is 3.78. The third-order valence-electron chi connectivity index (χ3n) is 7.33. The lowest BCUT2D eigenvalue weighted by molar-refractivity contribution is 0.0817. The van der Waals surface area contributed by atoms with Crippen molar-refractivity contribution in [3.63, 3.8) is 0 Å². The Labute approximate surface area is 214 Å². The maximum Gasteiger partial charge on any atom is 0.260 e. The summed E-state index contributed by atoms with van der Waals surface area (Å²) in [6.45, 7) is 7.06. The van der Waals surface area contributed by atoms with Gasteiger partial charge >= 0.3 is 0 Å².